The number of hydrogen-bond donors (Lipinski definition) is 0. The van der Waals surface area contributed by atoms with E-state index in [-0.39, 0.29) is 0 Å². The molecule has 3 heteroatoms. The lowest BCUT2D eigenvalue weighted by atomic mass is 10.1. The highest BCUT2D eigenvalue weighted by atomic mass is 15.4. The first-order chi connectivity index (χ1) is 6.81. The zero-order chi connectivity index (χ0) is 9.97. The molecule has 0 spiro atoms. The Morgan fingerprint density at radius 3 is 2.57 bits per heavy atom. The molecule has 2 aromatic rings. The van der Waals surface area contributed by atoms with Gasteiger partial charge in [0, 0.05) is 12.1 Å². The van der Waals surface area contributed by atoms with Crippen LogP contribution in [-0.2, 0) is 6.54 Å². The molecule has 2 rings (SSSR count). The van der Waals surface area contributed by atoms with Crippen molar-refractivity contribution in [2.24, 2.45) is 0 Å². The van der Waals surface area contributed by atoms with Gasteiger partial charge in [-0.3, -0.25) is 0 Å². The Morgan fingerprint density at radius 1 is 1.21 bits per heavy atom. The molecular formula is C11H13N3. The van der Waals surface area contributed by atoms with Crippen LogP contribution in [0.1, 0.15) is 12.5 Å². The molecule has 72 valence electrons. The molecule has 1 aromatic heterocycles. The summed E-state index contributed by atoms with van der Waals surface area (Å²) in [6.07, 6.45) is 1.80. The van der Waals surface area contributed by atoms with Gasteiger partial charge in [-0.15, -0.1) is 5.10 Å². The van der Waals surface area contributed by atoms with Crippen molar-refractivity contribution in [2.75, 3.05) is 0 Å². The fourth-order valence-electron chi connectivity index (χ4n) is 1.44. The van der Waals surface area contributed by atoms with Gasteiger partial charge in [-0.1, -0.05) is 35.0 Å². The lowest BCUT2D eigenvalue weighted by Gasteiger charge is -2.02. The minimum Gasteiger partial charge on any atom is -0.245 e. The Bertz CT molecular complexity index is 414. The fourth-order valence-corrected chi connectivity index (χ4v) is 1.44. The molecule has 1 aromatic carbocycles. The van der Waals surface area contributed by atoms with Crippen molar-refractivity contribution in [3.8, 4) is 11.3 Å². The Labute approximate surface area is 83.4 Å². The van der Waals surface area contributed by atoms with Crippen LogP contribution in [0.4, 0.5) is 0 Å². The second kappa shape index (κ2) is 3.62. The van der Waals surface area contributed by atoms with Crippen molar-refractivity contribution >= 4 is 0 Å². The molecule has 1 heterocycles. The summed E-state index contributed by atoms with van der Waals surface area (Å²) in [5, 5.41) is 7.90. The molecule has 0 unspecified atom stereocenters. The van der Waals surface area contributed by atoms with E-state index >= 15 is 0 Å². The summed E-state index contributed by atoms with van der Waals surface area (Å²) in [6.45, 7) is 4.99. The summed E-state index contributed by atoms with van der Waals surface area (Å²) in [5.41, 5.74) is 3.51. The van der Waals surface area contributed by atoms with E-state index in [2.05, 4.69) is 48.4 Å². The molecule has 0 aliphatic carbocycles. The molecule has 0 saturated carbocycles. The van der Waals surface area contributed by atoms with Gasteiger partial charge in [-0.25, -0.2) is 4.68 Å². The Morgan fingerprint density at radius 2 is 1.93 bits per heavy atom. The first-order valence-corrected chi connectivity index (χ1v) is 4.77. The number of nitrogens with zero attached hydrogens (tertiary/aromatic N) is 3. The van der Waals surface area contributed by atoms with Crippen molar-refractivity contribution in [2.45, 2.75) is 20.4 Å². The molecule has 14 heavy (non-hydrogen) atoms. The molecule has 0 saturated heterocycles. The minimum atomic E-state index is 0.850. The van der Waals surface area contributed by atoms with E-state index in [1.807, 2.05) is 4.68 Å². The summed E-state index contributed by atoms with van der Waals surface area (Å²) in [5.74, 6) is 0. The van der Waals surface area contributed by atoms with E-state index in [0.717, 1.165) is 12.2 Å². The maximum Gasteiger partial charge on any atom is 0.0885 e. The topological polar surface area (TPSA) is 30.7 Å². The maximum atomic E-state index is 4.00. The minimum absolute atomic E-state index is 0.850. The molecule has 0 aliphatic heterocycles. The van der Waals surface area contributed by atoms with Crippen LogP contribution in [0.3, 0.4) is 0 Å². The van der Waals surface area contributed by atoms with E-state index in [1.54, 1.807) is 6.20 Å². The number of aryl methyl sites for hydroxylation is 2. The molecule has 0 amide bonds. The number of aromatic nitrogens is 3. The predicted octanol–water partition coefficient (Wildman–Crippen LogP) is 2.27. The second-order valence-electron chi connectivity index (χ2n) is 3.30. The van der Waals surface area contributed by atoms with Crippen molar-refractivity contribution in [1.82, 2.24) is 15.0 Å². The van der Waals surface area contributed by atoms with Gasteiger partial charge >= 0.3 is 0 Å². The van der Waals surface area contributed by atoms with Crippen LogP contribution in [-0.4, -0.2) is 15.0 Å². The molecule has 0 bridgehead atoms. The van der Waals surface area contributed by atoms with Gasteiger partial charge in [0.1, 0.15) is 0 Å². The van der Waals surface area contributed by atoms with Gasteiger partial charge in [0.2, 0.25) is 0 Å². The molecule has 0 atom stereocenters. The van der Waals surface area contributed by atoms with Gasteiger partial charge in [0.25, 0.3) is 0 Å². The lowest BCUT2D eigenvalue weighted by Crippen LogP contribution is -1.98. The molecule has 0 fully saturated rings. The van der Waals surface area contributed by atoms with Crippen molar-refractivity contribution in [3.63, 3.8) is 0 Å². The summed E-state index contributed by atoms with van der Waals surface area (Å²) in [4.78, 5) is 0. The first-order valence-electron chi connectivity index (χ1n) is 4.77. The Hall–Kier alpha value is -1.64. The largest absolute Gasteiger partial charge is 0.245 e. The standard InChI is InChI=1S/C11H13N3/c1-3-14-11(8-12-13-14)10-6-4-9(2)5-7-10/h4-8H,3H2,1-2H3. The third-order valence-electron chi connectivity index (χ3n) is 2.26. The maximum absolute atomic E-state index is 4.00. The van der Waals surface area contributed by atoms with Crippen LogP contribution < -0.4 is 0 Å². The van der Waals surface area contributed by atoms with Crippen molar-refractivity contribution in [1.29, 1.82) is 0 Å². The molecule has 0 N–H and O–H groups in total. The third-order valence-corrected chi connectivity index (χ3v) is 2.26. The summed E-state index contributed by atoms with van der Waals surface area (Å²) >= 11 is 0. The zero-order valence-electron chi connectivity index (χ0n) is 8.44. The number of hydrogen-bond acceptors (Lipinski definition) is 2. The highest BCUT2D eigenvalue weighted by molar-refractivity contribution is 5.58. The van der Waals surface area contributed by atoms with E-state index in [0.29, 0.717) is 0 Å². The van der Waals surface area contributed by atoms with Crippen molar-refractivity contribution < 1.29 is 0 Å². The molecule has 3 nitrogen and oxygen atoms in total. The monoisotopic (exact) mass is 187 g/mol. The molecule has 0 aliphatic rings. The smallest absolute Gasteiger partial charge is 0.0885 e. The SMILES string of the molecule is CCn1nncc1-c1ccc(C)cc1. The van der Waals surface area contributed by atoms with Gasteiger partial charge in [-0.05, 0) is 13.8 Å². The van der Waals surface area contributed by atoms with Crippen LogP contribution in [0.15, 0.2) is 30.5 Å². The highest BCUT2D eigenvalue weighted by Gasteiger charge is 2.03. The van der Waals surface area contributed by atoms with E-state index in [4.69, 9.17) is 0 Å². The van der Waals surface area contributed by atoms with Gasteiger partial charge in [-0.2, -0.15) is 0 Å². The van der Waals surface area contributed by atoms with Crippen LogP contribution in [0.5, 0.6) is 0 Å². The zero-order valence-corrected chi connectivity index (χ0v) is 8.44. The van der Waals surface area contributed by atoms with Gasteiger partial charge in [0.15, 0.2) is 0 Å². The van der Waals surface area contributed by atoms with Crippen LogP contribution >= 0.6 is 0 Å². The Balaban J connectivity index is 2.44. The van der Waals surface area contributed by atoms with E-state index < -0.39 is 0 Å². The van der Waals surface area contributed by atoms with Gasteiger partial charge in [0.05, 0.1) is 11.9 Å². The second-order valence-corrected chi connectivity index (χ2v) is 3.30. The summed E-state index contributed by atoms with van der Waals surface area (Å²) in [6, 6.07) is 8.39. The lowest BCUT2D eigenvalue weighted by molar-refractivity contribution is 0.632. The van der Waals surface area contributed by atoms with Crippen molar-refractivity contribution in [3.05, 3.63) is 36.0 Å². The average Bonchev–Trinajstić information content (AvgIpc) is 2.67. The van der Waals surface area contributed by atoms with E-state index in [1.165, 1.54) is 11.1 Å². The highest BCUT2D eigenvalue weighted by Crippen LogP contribution is 2.17. The molecule has 0 radical (unpaired) electrons. The average molecular weight is 187 g/mol. The van der Waals surface area contributed by atoms with Gasteiger partial charge < -0.3 is 0 Å². The predicted molar refractivity (Wildman–Crippen MR) is 55.9 cm³/mol. The Kier molecular flexibility index (Phi) is 2.31. The first kappa shape index (κ1) is 8.94. The van der Waals surface area contributed by atoms with E-state index in [9.17, 15) is 0 Å². The molecular weight excluding hydrogens is 174 g/mol. The van der Waals surface area contributed by atoms with Crippen LogP contribution in [0.2, 0.25) is 0 Å². The number of benzene rings is 1. The van der Waals surface area contributed by atoms with Crippen LogP contribution in [0, 0.1) is 6.92 Å². The summed E-state index contributed by atoms with van der Waals surface area (Å²) < 4.78 is 1.89. The number of rotatable bonds is 2. The third kappa shape index (κ3) is 1.53. The fraction of sp³-hybridized carbons (Fsp3) is 0.273. The summed E-state index contributed by atoms with van der Waals surface area (Å²) in [7, 11) is 0. The normalized spacial score (nSPS) is 10.4. The van der Waals surface area contributed by atoms with Crippen LogP contribution in [0.25, 0.3) is 11.3 Å². The quantitative estimate of drug-likeness (QED) is 0.722.